The van der Waals surface area contributed by atoms with Crippen molar-refractivity contribution in [3.8, 4) is 0 Å². The van der Waals surface area contributed by atoms with Crippen LogP contribution in [0.3, 0.4) is 0 Å². The summed E-state index contributed by atoms with van der Waals surface area (Å²) in [4.78, 5) is 40.1. The van der Waals surface area contributed by atoms with Crippen LogP contribution in [0, 0.1) is 0 Å². The van der Waals surface area contributed by atoms with Crippen molar-refractivity contribution >= 4 is 76.3 Å². The van der Waals surface area contributed by atoms with Crippen LogP contribution in [0.2, 0.25) is 10.0 Å². The molecule has 40 heavy (non-hydrogen) atoms. The van der Waals surface area contributed by atoms with Crippen LogP contribution in [0.25, 0.3) is 0 Å². The lowest BCUT2D eigenvalue weighted by Gasteiger charge is -2.50. The van der Waals surface area contributed by atoms with E-state index in [1.807, 2.05) is 0 Å². The Labute approximate surface area is 252 Å². The molecule has 1 fully saturated rings. The maximum atomic E-state index is 12.9. The Morgan fingerprint density at radius 2 is 1.80 bits per heavy atom. The molecule has 4 rings (SSSR count). The number of halogens is 2. The molecular formula is C25H25Cl2N3O7S3. The van der Waals surface area contributed by atoms with E-state index in [-0.39, 0.29) is 17.2 Å². The van der Waals surface area contributed by atoms with E-state index in [0.29, 0.717) is 26.3 Å². The van der Waals surface area contributed by atoms with Crippen molar-refractivity contribution < 1.29 is 39.4 Å². The lowest BCUT2D eigenvalue weighted by molar-refractivity contribution is -0.770. The predicted octanol–water partition coefficient (Wildman–Crippen LogP) is 0.241. The van der Waals surface area contributed by atoms with Gasteiger partial charge < -0.3 is 30.5 Å². The van der Waals surface area contributed by atoms with Gasteiger partial charge >= 0.3 is 0 Å². The van der Waals surface area contributed by atoms with E-state index < -0.39 is 54.6 Å². The topological polar surface area (TPSA) is 154 Å². The van der Waals surface area contributed by atoms with Gasteiger partial charge in [0.1, 0.15) is 31.2 Å². The Balaban J connectivity index is 1.38. The van der Waals surface area contributed by atoms with E-state index in [4.69, 9.17) is 23.2 Å². The smallest absolute Gasteiger partial charge is 0.253 e. The first-order valence-corrected chi connectivity index (χ1v) is 15.6. The largest absolute Gasteiger partial charge is 0.543 e. The number of hydrogen-bond acceptors (Lipinski definition) is 10. The number of benzene rings is 1. The zero-order valence-electron chi connectivity index (χ0n) is 20.8. The number of carboxylic acid groups (broad SMARTS) is 1. The van der Waals surface area contributed by atoms with Gasteiger partial charge in [-0.25, -0.2) is 0 Å². The molecule has 2 amide bonds. The van der Waals surface area contributed by atoms with E-state index >= 15 is 0 Å². The third kappa shape index (κ3) is 6.41. The Morgan fingerprint density at radius 3 is 2.42 bits per heavy atom. The summed E-state index contributed by atoms with van der Waals surface area (Å²) in [7, 11) is 0. The molecule has 0 radical (unpaired) electrons. The van der Waals surface area contributed by atoms with Crippen LogP contribution in [0.4, 0.5) is 0 Å². The Hall–Kier alpha value is -1.97. The number of amides is 2. The van der Waals surface area contributed by atoms with Crippen LogP contribution in [0.1, 0.15) is 0 Å². The highest BCUT2D eigenvalue weighted by Crippen LogP contribution is 2.41. The van der Waals surface area contributed by atoms with Crippen molar-refractivity contribution in [2.45, 2.75) is 26.7 Å². The summed E-state index contributed by atoms with van der Waals surface area (Å²) in [6, 6.07) is 7.49. The first-order chi connectivity index (χ1) is 19.1. The van der Waals surface area contributed by atoms with Crippen molar-refractivity contribution in [2.24, 2.45) is 0 Å². The molecule has 10 nitrogen and oxygen atoms in total. The zero-order chi connectivity index (χ0) is 29.0. The fourth-order valence-electron chi connectivity index (χ4n) is 4.12. The number of rotatable bonds is 12. The van der Waals surface area contributed by atoms with Crippen molar-refractivity contribution in [2.75, 3.05) is 37.1 Å². The highest BCUT2D eigenvalue weighted by atomic mass is 35.5. The minimum absolute atomic E-state index is 0.000585. The number of aromatic nitrogens is 1. The number of nitrogens with one attached hydrogen (secondary N) is 1. The van der Waals surface area contributed by atoms with Gasteiger partial charge in [-0.2, -0.15) is 4.57 Å². The van der Waals surface area contributed by atoms with Crippen molar-refractivity contribution in [1.29, 1.82) is 0 Å². The summed E-state index contributed by atoms with van der Waals surface area (Å²) >= 11 is 16.0. The molecule has 0 bridgehead atoms. The van der Waals surface area contributed by atoms with Crippen molar-refractivity contribution in [1.82, 2.24) is 10.2 Å². The minimum Gasteiger partial charge on any atom is -0.543 e. The minimum atomic E-state index is -1.46. The number of carbonyl (C=O) groups is 3. The molecule has 3 heterocycles. The maximum Gasteiger partial charge on any atom is 0.253 e. The average Bonchev–Trinajstić information content (AvgIpc) is 2.96. The molecule has 0 spiro atoms. The van der Waals surface area contributed by atoms with Crippen LogP contribution in [0.15, 0.2) is 63.8 Å². The van der Waals surface area contributed by atoms with Gasteiger partial charge in [0.25, 0.3) is 5.91 Å². The Bertz CT molecular complexity index is 1320. The van der Waals surface area contributed by atoms with Gasteiger partial charge in [-0.15, -0.1) is 35.3 Å². The van der Waals surface area contributed by atoms with Gasteiger partial charge in [-0.3, -0.25) is 14.5 Å². The summed E-state index contributed by atoms with van der Waals surface area (Å²) in [5.41, 5.74) is -0.909. The molecule has 2 aliphatic rings. The number of carbonyl (C=O) groups excluding carboxylic acids is 3. The Kier molecular flexibility index (Phi) is 10.3. The first-order valence-electron chi connectivity index (χ1n) is 11.9. The van der Waals surface area contributed by atoms with Crippen molar-refractivity contribution in [3.63, 3.8) is 0 Å². The normalized spacial score (nSPS) is 18.8. The monoisotopic (exact) mass is 645 g/mol. The zero-order valence-corrected chi connectivity index (χ0v) is 24.7. The van der Waals surface area contributed by atoms with E-state index in [9.17, 15) is 34.8 Å². The predicted molar refractivity (Wildman–Crippen MR) is 151 cm³/mol. The molecule has 2 atom stereocenters. The molecular weight excluding hydrogens is 621 g/mol. The van der Waals surface area contributed by atoms with Gasteiger partial charge in [0, 0.05) is 38.5 Å². The first kappa shape index (κ1) is 31.0. The lowest BCUT2D eigenvalue weighted by Crippen LogP contribution is -2.71. The van der Waals surface area contributed by atoms with Crippen LogP contribution in [-0.2, 0) is 19.9 Å². The number of thioether (sulfide) groups is 3. The third-order valence-electron chi connectivity index (χ3n) is 6.45. The van der Waals surface area contributed by atoms with Crippen molar-refractivity contribution in [3.05, 3.63) is 64.0 Å². The summed E-state index contributed by atoms with van der Waals surface area (Å²) < 4.78 is 1.51. The molecule has 1 aromatic carbocycles. The van der Waals surface area contributed by atoms with E-state index in [2.05, 4.69) is 5.32 Å². The van der Waals surface area contributed by atoms with Gasteiger partial charge in [0.15, 0.2) is 12.4 Å². The second-order valence-electron chi connectivity index (χ2n) is 8.99. The molecule has 15 heteroatoms. The summed E-state index contributed by atoms with van der Waals surface area (Å²) in [5, 5.41) is 43.9. The van der Waals surface area contributed by atoms with Crippen LogP contribution < -0.4 is 15.0 Å². The second-order valence-corrected chi connectivity index (χ2v) is 13.0. The van der Waals surface area contributed by atoms with E-state index in [1.54, 1.807) is 42.7 Å². The molecule has 0 aliphatic carbocycles. The quantitative estimate of drug-likeness (QED) is 0.143. The molecule has 214 valence electrons. The average molecular weight is 647 g/mol. The number of pyridine rings is 1. The summed E-state index contributed by atoms with van der Waals surface area (Å²) in [6.45, 7) is -1.38. The number of carboxylic acids is 1. The summed E-state index contributed by atoms with van der Waals surface area (Å²) in [5.74, 6) is -1.77. The molecule has 2 aromatic rings. The highest BCUT2D eigenvalue weighted by Gasteiger charge is 2.52. The lowest BCUT2D eigenvalue weighted by atomic mass is 10.0. The van der Waals surface area contributed by atoms with Crippen LogP contribution in [-0.4, -0.2) is 86.5 Å². The van der Waals surface area contributed by atoms with E-state index in [1.165, 1.54) is 44.8 Å². The highest BCUT2D eigenvalue weighted by molar-refractivity contribution is 8.01. The molecule has 4 N–H and O–H groups in total. The fourth-order valence-corrected chi connectivity index (χ4v) is 7.79. The maximum absolute atomic E-state index is 12.9. The molecule has 0 saturated carbocycles. The van der Waals surface area contributed by atoms with Gasteiger partial charge in [0.2, 0.25) is 11.4 Å². The third-order valence-corrected chi connectivity index (χ3v) is 10.6. The Morgan fingerprint density at radius 1 is 1.12 bits per heavy atom. The fraction of sp³-hybridized carbons (Fsp3) is 0.360. The van der Waals surface area contributed by atoms with Gasteiger partial charge in [-0.05, 0) is 23.8 Å². The van der Waals surface area contributed by atoms with Gasteiger partial charge in [0.05, 0.1) is 22.4 Å². The van der Waals surface area contributed by atoms with Crippen LogP contribution in [0.5, 0.6) is 0 Å². The van der Waals surface area contributed by atoms with E-state index in [0.717, 1.165) is 4.90 Å². The number of aliphatic carboxylic acids is 1. The number of fused-ring (bicyclic) bond motifs is 1. The number of aliphatic hydroxyl groups excluding tert-OH is 3. The molecule has 1 aromatic heterocycles. The number of aliphatic hydroxyl groups is 3. The molecule has 0 unspecified atom stereocenters. The van der Waals surface area contributed by atoms with Crippen LogP contribution >= 0.6 is 58.5 Å². The van der Waals surface area contributed by atoms with Gasteiger partial charge in [-0.1, -0.05) is 23.2 Å². The second kappa shape index (κ2) is 13.3. The number of β-lactam (4-membered cyclic amide) rings is 1. The SMILES string of the molecule is O=C(CSc1cc(Cl)ccc1Cl)N[C@@H]1C(=O)N2C(C(=O)[O-])=C(CSc3cc[n+](C(CO)(CO)CO)cc3)CS[C@H]12. The molecule has 1 saturated heterocycles. The summed E-state index contributed by atoms with van der Waals surface area (Å²) in [6.07, 6.45) is 3.21. The molecule has 2 aliphatic heterocycles. The standard InChI is InChI=1S/C25H25Cl2N3O7S3/c26-15-1-2-17(27)18(7-15)39-10-19(34)28-20-22(35)30-21(24(36)37)14(9-40-23(20)30)8-38-16-3-5-29(6-4-16)25(11-31,12-32)13-33/h1-7,20,23,31-33H,8-13H2,(H-,28,34,36,37)/t20-,23-/m1/s1. The number of hydrogen-bond donors (Lipinski definition) is 4. The number of nitrogens with zero attached hydrogens (tertiary/aromatic N) is 2.